The first-order valence-corrected chi connectivity index (χ1v) is 8.96. The van der Waals surface area contributed by atoms with E-state index in [1.165, 1.54) is 24.3 Å². The second-order valence-corrected chi connectivity index (χ2v) is 8.34. The minimum Gasteiger partial charge on any atom is -0.350 e. The van der Waals surface area contributed by atoms with Crippen molar-refractivity contribution < 1.29 is 26.4 Å². The van der Waals surface area contributed by atoms with Crippen LogP contribution in [0.5, 0.6) is 0 Å². The highest BCUT2D eigenvalue weighted by molar-refractivity contribution is 7.91. The van der Waals surface area contributed by atoms with Crippen molar-refractivity contribution in [3.63, 3.8) is 0 Å². The first-order valence-electron chi connectivity index (χ1n) is 7.14. The van der Waals surface area contributed by atoms with Gasteiger partial charge < -0.3 is 5.32 Å². The molecule has 128 valence electrons. The van der Waals surface area contributed by atoms with E-state index >= 15 is 0 Å². The molecule has 2 rings (SSSR count). The topological polar surface area (TPSA) is 63.2 Å². The van der Waals surface area contributed by atoms with Gasteiger partial charge in [-0.2, -0.15) is 13.2 Å². The Labute approximate surface area is 133 Å². The lowest BCUT2D eigenvalue weighted by molar-refractivity contribution is -0.157. The van der Waals surface area contributed by atoms with Crippen molar-refractivity contribution in [1.29, 1.82) is 0 Å². The SMILES string of the molecule is C[C@@]1(NC(=O)C[C@@H](c2ccccc2)C(F)(F)F)CCS(=O)(=O)C1. The van der Waals surface area contributed by atoms with Crippen LogP contribution in [0.15, 0.2) is 30.3 Å². The first kappa shape index (κ1) is 17.8. The molecule has 2 atom stereocenters. The Morgan fingerprint density at radius 3 is 2.39 bits per heavy atom. The van der Waals surface area contributed by atoms with Crippen molar-refractivity contribution in [3.05, 3.63) is 35.9 Å². The Hall–Kier alpha value is -1.57. The number of rotatable bonds is 4. The highest BCUT2D eigenvalue weighted by Gasteiger charge is 2.44. The smallest absolute Gasteiger partial charge is 0.350 e. The lowest BCUT2D eigenvalue weighted by atomic mass is 9.93. The maximum atomic E-state index is 13.2. The fraction of sp³-hybridized carbons (Fsp3) is 0.533. The van der Waals surface area contributed by atoms with E-state index in [0.717, 1.165) is 0 Å². The third-order valence-electron chi connectivity index (χ3n) is 3.93. The van der Waals surface area contributed by atoms with Gasteiger partial charge in [0.15, 0.2) is 9.84 Å². The van der Waals surface area contributed by atoms with Crippen LogP contribution in [0.1, 0.15) is 31.2 Å². The van der Waals surface area contributed by atoms with Gasteiger partial charge in [-0.05, 0) is 18.9 Å². The number of amides is 1. The molecule has 1 N–H and O–H groups in total. The minimum absolute atomic E-state index is 0.0133. The van der Waals surface area contributed by atoms with Crippen LogP contribution < -0.4 is 5.32 Å². The van der Waals surface area contributed by atoms with Gasteiger partial charge in [-0.25, -0.2) is 8.42 Å². The molecule has 0 unspecified atom stereocenters. The second kappa shape index (κ2) is 6.14. The molecule has 0 radical (unpaired) electrons. The number of halogens is 3. The van der Waals surface area contributed by atoms with Crippen LogP contribution in [0.2, 0.25) is 0 Å². The van der Waals surface area contributed by atoms with Gasteiger partial charge >= 0.3 is 6.18 Å². The van der Waals surface area contributed by atoms with E-state index in [1.54, 1.807) is 13.0 Å². The van der Waals surface area contributed by atoms with Crippen molar-refractivity contribution in [2.45, 2.75) is 37.4 Å². The molecule has 0 saturated carbocycles. The van der Waals surface area contributed by atoms with Gasteiger partial charge in [-0.15, -0.1) is 0 Å². The predicted octanol–water partition coefficient (Wildman–Crippen LogP) is 2.42. The van der Waals surface area contributed by atoms with Crippen molar-refractivity contribution in [2.24, 2.45) is 0 Å². The molecule has 1 aromatic carbocycles. The van der Waals surface area contributed by atoms with Gasteiger partial charge in [0.1, 0.15) is 0 Å². The standard InChI is InChI=1S/C15H18F3NO3S/c1-14(7-8-23(21,22)10-14)19-13(20)9-12(15(16,17)18)11-5-3-2-4-6-11/h2-6,12H,7-10H2,1H3,(H,19,20)/t12-,14+/m0/s1. The number of carbonyl (C=O) groups excluding carboxylic acids is 1. The number of carbonyl (C=O) groups is 1. The van der Waals surface area contributed by atoms with Crippen molar-refractivity contribution in [3.8, 4) is 0 Å². The molecule has 0 aliphatic carbocycles. The Bertz CT molecular complexity index is 673. The number of nitrogens with one attached hydrogen (secondary N) is 1. The third-order valence-corrected chi connectivity index (χ3v) is 5.83. The summed E-state index contributed by atoms with van der Waals surface area (Å²) in [6.45, 7) is 1.54. The fourth-order valence-corrected chi connectivity index (χ4v) is 4.88. The van der Waals surface area contributed by atoms with E-state index in [1.807, 2.05) is 0 Å². The van der Waals surface area contributed by atoms with Crippen LogP contribution in [0.3, 0.4) is 0 Å². The quantitative estimate of drug-likeness (QED) is 0.908. The summed E-state index contributed by atoms with van der Waals surface area (Å²) in [4.78, 5) is 12.0. The average molecular weight is 349 g/mol. The summed E-state index contributed by atoms with van der Waals surface area (Å²) in [6, 6.07) is 7.22. The molecule has 1 saturated heterocycles. The van der Waals surface area contributed by atoms with Gasteiger partial charge in [-0.1, -0.05) is 30.3 Å². The van der Waals surface area contributed by atoms with Crippen LogP contribution in [0, 0.1) is 0 Å². The maximum absolute atomic E-state index is 13.2. The molecule has 1 aromatic rings. The largest absolute Gasteiger partial charge is 0.396 e. The Balaban J connectivity index is 2.10. The molecule has 4 nitrogen and oxygen atoms in total. The van der Waals surface area contributed by atoms with E-state index < -0.39 is 39.8 Å². The van der Waals surface area contributed by atoms with Crippen LogP contribution in [0.25, 0.3) is 0 Å². The second-order valence-electron chi connectivity index (χ2n) is 6.16. The zero-order valence-electron chi connectivity index (χ0n) is 12.6. The molecular weight excluding hydrogens is 331 g/mol. The summed E-state index contributed by atoms with van der Waals surface area (Å²) in [5, 5.41) is 2.47. The number of sulfone groups is 1. The normalized spacial score (nSPS) is 25.0. The number of hydrogen-bond acceptors (Lipinski definition) is 3. The summed E-state index contributed by atoms with van der Waals surface area (Å²) < 4.78 is 62.7. The highest BCUT2D eigenvalue weighted by atomic mass is 32.2. The molecule has 0 spiro atoms. The van der Waals surface area contributed by atoms with Gasteiger partial charge in [0.25, 0.3) is 0 Å². The number of alkyl halides is 3. The zero-order valence-corrected chi connectivity index (χ0v) is 13.4. The molecule has 8 heteroatoms. The molecule has 1 fully saturated rings. The predicted molar refractivity (Wildman–Crippen MR) is 79.7 cm³/mol. The monoisotopic (exact) mass is 349 g/mol. The molecule has 0 aromatic heterocycles. The molecule has 23 heavy (non-hydrogen) atoms. The van der Waals surface area contributed by atoms with Crippen LogP contribution in [0.4, 0.5) is 13.2 Å². The summed E-state index contributed by atoms with van der Waals surface area (Å²) in [6.07, 6.45) is -5.10. The van der Waals surface area contributed by atoms with Crippen LogP contribution in [-0.4, -0.2) is 37.5 Å². The molecule has 1 aliphatic rings. The van der Waals surface area contributed by atoms with Gasteiger partial charge in [0.2, 0.25) is 5.91 Å². The zero-order chi connectivity index (χ0) is 17.3. The van der Waals surface area contributed by atoms with Crippen LogP contribution >= 0.6 is 0 Å². The van der Waals surface area contributed by atoms with Crippen molar-refractivity contribution >= 4 is 15.7 Å². The molecule has 1 aliphatic heterocycles. The summed E-state index contributed by atoms with van der Waals surface area (Å²) in [5.41, 5.74) is -0.984. The molecular formula is C15H18F3NO3S. The minimum atomic E-state index is -4.55. The van der Waals surface area contributed by atoms with E-state index in [9.17, 15) is 26.4 Å². The molecule has 1 amide bonds. The van der Waals surface area contributed by atoms with Crippen LogP contribution in [-0.2, 0) is 14.6 Å². The fourth-order valence-electron chi connectivity index (χ4n) is 2.79. The lowest BCUT2D eigenvalue weighted by Crippen LogP contribution is -2.47. The van der Waals surface area contributed by atoms with E-state index in [-0.39, 0.29) is 23.5 Å². The van der Waals surface area contributed by atoms with E-state index in [4.69, 9.17) is 0 Å². The van der Waals surface area contributed by atoms with Crippen molar-refractivity contribution in [1.82, 2.24) is 5.32 Å². The van der Waals surface area contributed by atoms with E-state index in [2.05, 4.69) is 5.32 Å². The lowest BCUT2D eigenvalue weighted by Gasteiger charge is -2.26. The Kier molecular flexibility index (Phi) is 4.75. The maximum Gasteiger partial charge on any atom is 0.396 e. The first-order chi connectivity index (χ1) is 10.5. The Morgan fingerprint density at radius 2 is 1.91 bits per heavy atom. The Morgan fingerprint density at radius 1 is 1.30 bits per heavy atom. The third kappa shape index (κ3) is 4.70. The van der Waals surface area contributed by atoms with Gasteiger partial charge in [0.05, 0.1) is 23.0 Å². The molecule has 0 bridgehead atoms. The van der Waals surface area contributed by atoms with E-state index in [0.29, 0.717) is 0 Å². The summed E-state index contributed by atoms with van der Waals surface area (Å²) >= 11 is 0. The summed E-state index contributed by atoms with van der Waals surface area (Å²) in [7, 11) is -3.25. The van der Waals surface area contributed by atoms with Gasteiger partial charge in [0, 0.05) is 6.42 Å². The van der Waals surface area contributed by atoms with Crippen molar-refractivity contribution in [2.75, 3.05) is 11.5 Å². The summed E-state index contributed by atoms with van der Waals surface area (Å²) in [5.74, 6) is -3.01. The molecule has 1 heterocycles. The average Bonchev–Trinajstić information content (AvgIpc) is 2.69. The van der Waals surface area contributed by atoms with Gasteiger partial charge in [-0.3, -0.25) is 4.79 Å². The number of hydrogen-bond donors (Lipinski definition) is 1. The number of benzene rings is 1. The highest BCUT2D eigenvalue weighted by Crippen LogP contribution is 2.37.